The number of halogens is 2. The van der Waals surface area contributed by atoms with E-state index >= 15 is 0 Å². The molecule has 1 aliphatic rings. The molecule has 0 atom stereocenters. The number of hydrogen-bond donors (Lipinski definition) is 3. The Morgan fingerprint density at radius 1 is 0.943 bits per heavy atom. The molecular weight excluding hydrogens is 456 g/mol. The van der Waals surface area contributed by atoms with Gasteiger partial charge < -0.3 is 15.4 Å². The lowest BCUT2D eigenvalue weighted by atomic mass is 10.0. The van der Waals surface area contributed by atoms with Crippen LogP contribution in [0.2, 0.25) is 0 Å². The van der Waals surface area contributed by atoms with Crippen molar-refractivity contribution in [3.8, 4) is 22.8 Å². The SMILES string of the molecule is O=C(Nc1ccc(F)cc1)C1(C(=O)Nc2ccc(Oc3ccnc(-c4cn[nH]c4)c3)c(F)c2)CC1. The Kier molecular flexibility index (Phi) is 5.69. The van der Waals surface area contributed by atoms with E-state index in [1.54, 1.807) is 24.5 Å². The van der Waals surface area contributed by atoms with Crippen LogP contribution in [0.25, 0.3) is 11.3 Å². The smallest absolute Gasteiger partial charge is 0.240 e. The monoisotopic (exact) mass is 475 g/mol. The van der Waals surface area contributed by atoms with Crippen molar-refractivity contribution in [1.82, 2.24) is 15.2 Å². The molecule has 0 bridgehead atoms. The summed E-state index contributed by atoms with van der Waals surface area (Å²) in [6.07, 6.45) is 5.54. The summed E-state index contributed by atoms with van der Waals surface area (Å²) >= 11 is 0. The highest BCUT2D eigenvalue weighted by molar-refractivity contribution is 6.16. The van der Waals surface area contributed by atoms with Gasteiger partial charge in [0, 0.05) is 41.5 Å². The lowest BCUT2D eigenvalue weighted by Gasteiger charge is -2.16. The van der Waals surface area contributed by atoms with Crippen LogP contribution in [-0.4, -0.2) is 27.0 Å². The lowest BCUT2D eigenvalue weighted by Crippen LogP contribution is -2.35. The molecule has 0 aliphatic heterocycles. The molecule has 2 aromatic heterocycles. The second-order valence-electron chi connectivity index (χ2n) is 8.11. The molecule has 35 heavy (non-hydrogen) atoms. The number of benzene rings is 2. The molecule has 176 valence electrons. The number of aromatic amines is 1. The first kappa shape index (κ1) is 22.2. The molecule has 2 amide bonds. The van der Waals surface area contributed by atoms with E-state index in [-0.39, 0.29) is 11.4 Å². The van der Waals surface area contributed by atoms with Crippen LogP contribution in [0, 0.1) is 17.0 Å². The van der Waals surface area contributed by atoms with Crippen molar-refractivity contribution in [1.29, 1.82) is 0 Å². The van der Waals surface area contributed by atoms with E-state index in [1.165, 1.54) is 42.6 Å². The maximum Gasteiger partial charge on any atom is 0.240 e. The fraction of sp³-hybridized carbons (Fsp3) is 0.120. The molecule has 4 aromatic rings. The standard InChI is InChI=1S/C25H19F2N5O3/c26-16-1-3-17(4-2-16)31-23(33)25(8-9-25)24(34)32-18-5-6-22(20(27)11-18)35-19-7-10-28-21(12-19)15-13-29-30-14-15/h1-7,10-14H,8-9H2,(H,29,30)(H,31,33)(H,32,34). The average Bonchev–Trinajstić information content (AvgIpc) is 3.49. The summed E-state index contributed by atoms with van der Waals surface area (Å²) in [5.41, 5.74) is 0.686. The van der Waals surface area contributed by atoms with Crippen LogP contribution in [0.15, 0.2) is 73.2 Å². The minimum absolute atomic E-state index is 0.0393. The van der Waals surface area contributed by atoms with E-state index in [0.29, 0.717) is 30.0 Å². The molecular formula is C25H19F2N5O3. The lowest BCUT2D eigenvalue weighted by molar-refractivity contribution is -0.131. The van der Waals surface area contributed by atoms with E-state index in [0.717, 1.165) is 11.6 Å². The second-order valence-corrected chi connectivity index (χ2v) is 8.11. The molecule has 1 saturated carbocycles. The fourth-order valence-electron chi connectivity index (χ4n) is 3.53. The van der Waals surface area contributed by atoms with Gasteiger partial charge in [0.05, 0.1) is 11.9 Å². The number of rotatable bonds is 7. The Labute approximate surface area is 198 Å². The van der Waals surface area contributed by atoms with Crippen LogP contribution in [0.3, 0.4) is 0 Å². The van der Waals surface area contributed by atoms with Crippen molar-refractivity contribution < 1.29 is 23.1 Å². The largest absolute Gasteiger partial charge is 0.454 e. The van der Waals surface area contributed by atoms with E-state index in [4.69, 9.17) is 4.74 Å². The van der Waals surface area contributed by atoms with E-state index in [2.05, 4.69) is 25.8 Å². The number of nitrogens with zero attached hydrogens (tertiary/aromatic N) is 2. The number of nitrogens with one attached hydrogen (secondary N) is 3. The Hall–Kier alpha value is -4.60. The number of H-pyrrole nitrogens is 1. The molecule has 0 saturated heterocycles. The van der Waals surface area contributed by atoms with Crippen molar-refractivity contribution in [2.45, 2.75) is 12.8 Å². The van der Waals surface area contributed by atoms with E-state index < -0.39 is 28.9 Å². The maximum atomic E-state index is 14.7. The zero-order valence-corrected chi connectivity index (χ0v) is 18.2. The first-order chi connectivity index (χ1) is 16.9. The number of aromatic nitrogens is 3. The minimum atomic E-state index is -1.25. The molecule has 2 aromatic carbocycles. The summed E-state index contributed by atoms with van der Waals surface area (Å²) < 4.78 is 33.5. The van der Waals surface area contributed by atoms with Crippen molar-refractivity contribution in [3.63, 3.8) is 0 Å². The van der Waals surface area contributed by atoms with Gasteiger partial charge in [-0.2, -0.15) is 5.10 Å². The highest BCUT2D eigenvalue weighted by atomic mass is 19.1. The number of hydrogen-bond acceptors (Lipinski definition) is 5. The topological polar surface area (TPSA) is 109 Å². The Balaban J connectivity index is 1.25. The van der Waals surface area contributed by atoms with Crippen molar-refractivity contribution >= 4 is 23.2 Å². The number of anilines is 2. The van der Waals surface area contributed by atoms with Gasteiger partial charge in [-0.3, -0.25) is 19.7 Å². The van der Waals surface area contributed by atoms with Crippen molar-refractivity contribution in [2.24, 2.45) is 5.41 Å². The first-order valence-electron chi connectivity index (χ1n) is 10.7. The minimum Gasteiger partial charge on any atom is -0.454 e. The number of pyridine rings is 1. The summed E-state index contributed by atoms with van der Waals surface area (Å²) in [6.45, 7) is 0. The Bertz CT molecular complexity index is 1390. The third kappa shape index (κ3) is 4.72. The molecule has 8 nitrogen and oxygen atoms in total. The zero-order chi connectivity index (χ0) is 24.4. The van der Waals surface area contributed by atoms with Crippen LogP contribution >= 0.6 is 0 Å². The Morgan fingerprint density at radius 2 is 1.66 bits per heavy atom. The summed E-state index contributed by atoms with van der Waals surface area (Å²) in [4.78, 5) is 29.7. The van der Waals surface area contributed by atoms with Gasteiger partial charge in [0.25, 0.3) is 0 Å². The molecule has 2 heterocycles. The summed E-state index contributed by atoms with van der Waals surface area (Å²) in [7, 11) is 0. The van der Waals surface area contributed by atoms with Gasteiger partial charge in [-0.15, -0.1) is 0 Å². The van der Waals surface area contributed by atoms with Crippen LogP contribution in [0.1, 0.15) is 12.8 Å². The van der Waals surface area contributed by atoms with E-state index in [9.17, 15) is 18.4 Å². The molecule has 0 unspecified atom stereocenters. The average molecular weight is 475 g/mol. The normalized spacial score (nSPS) is 13.7. The summed E-state index contributed by atoms with van der Waals surface area (Å²) in [5, 5.41) is 11.8. The highest BCUT2D eigenvalue weighted by Gasteiger charge is 2.56. The Morgan fingerprint density at radius 3 is 2.31 bits per heavy atom. The van der Waals surface area contributed by atoms with Crippen molar-refractivity contribution in [3.05, 3.63) is 84.8 Å². The molecule has 1 aliphatic carbocycles. The number of amides is 2. The molecule has 10 heteroatoms. The number of ether oxygens (including phenoxy) is 1. The van der Waals surface area contributed by atoms with Crippen LogP contribution < -0.4 is 15.4 Å². The van der Waals surface area contributed by atoms with Gasteiger partial charge in [-0.05, 0) is 55.3 Å². The van der Waals surface area contributed by atoms with Gasteiger partial charge in [0.1, 0.15) is 17.0 Å². The second kappa shape index (κ2) is 8.98. The molecule has 0 spiro atoms. The predicted molar refractivity (Wildman–Crippen MR) is 124 cm³/mol. The zero-order valence-electron chi connectivity index (χ0n) is 18.2. The van der Waals surface area contributed by atoms with E-state index in [1.807, 2.05) is 0 Å². The summed E-state index contributed by atoms with van der Waals surface area (Å²) in [6, 6.07) is 12.5. The quantitative estimate of drug-likeness (QED) is 0.330. The molecule has 1 fully saturated rings. The predicted octanol–water partition coefficient (Wildman–Crippen LogP) is 4.90. The molecule has 0 radical (unpaired) electrons. The van der Waals surface area contributed by atoms with Gasteiger partial charge in [0.15, 0.2) is 11.6 Å². The summed E-state index contributed by atoms with van der Waals surface area (Å²) in [5.74, 6) is -1.82. The van der Waals surface area contributed by atoms with Gasteiger partial charge in [0.2, 0.25) is 11.8 Å². The van der Waals surface area contributed by atoms with Crippen LogP contribution in [-0.2, 0) is 9.59 Å². The fourth-order valence-corrected chi connectivity index (χ4v) is 3.53. The van der Waals surface area contributed by atoms with Gasteiger partial charge in [-0.25, -0.2) is 8.78 Å². The molecule has 3 N–H and O–H groups in total. The number of carbonyl (C=O) groups excluding carboxylic acids is 2. The maximum absolute atomic E-state index is 14.7. The van der Waals surface area contributed by atoms with Crippen LogP contribution in [0.4, 0.5) is 20.2 Å². The highest BCUT2D eigenvalue weighted by Crippen LogP contribution is 2.47. The van der Waals surface area contributed by atoms with Gasteiger partial charge in [-0.1, -0.05) is 0 Å². The van der Waals surface area contributed by atoms with Crippen LogP contribution in [0.5, 0.6) is 11.5 Å². The first-order valence-corrected chi connectivity index (χ1v) is 10.7. The third-order valence-electron chi connectivity index (χ3n) is 5.66. The van der Waals surface area contributed by atoms with Gasteiger partial charge >= 0.3 is 0 Å². The molecule has 5 rings (SSSR count). The third-order valence-corrected chi connectivity index (χ3v) is 5.66. The number of carbonyl (C=O) groups is 2. The van der Waals surface area contributed by atoms with Crippen molar-refractivity contribution in [2.75, 3.05) is 10.6 Å².